The first-order chi connectivity index (χ1) is 10.3. The predicted octanol–water partition coefficient (Wildman–Crippen LogP) is 2.35. The maximum atomic E-state index is 6.09. The van der Waals surface area contributed by atoms with E-state index in [1.54, 1.807) is 7.11 Å². The van der Waals surface area contributed by atoms with Gasteiger partial charge in [-0.15, -0.1) is 0 Å². The van der Waals surface area contributed by atoms with Crippen LogP contribution >= 0.6 is 0 Å². The highest BCUT2D eigenvalue weighted by Gasteiger charge is 2.33. The zero-order valence-corrected chi connectivity index (χ0v) is 12.5. The average molecular weight is 285 g/mol. The summed E-state index contributed by atoms with van der Waals surface area (Å²) in [6, 6.07) is 11.5. The van der Waals surface area contributed by atoms with Crippen molar-refractivity contribution in [1.82, 2.24) is 9.88 Å². The summed E-state index contributed by atoms with van der Waals surface area (Å²) in [5.41, 5.74) is 8.40. The Morgan fingerprint density at radius 3 is 2.95 bits per heavy atom. The van der Waals surface area contributed by atoms with Gasteiger partial charge in [0.15, 0.2) is 0 Å². The van der Waals surface area contributed by atoms with E-state index < -0.39 is 0 Å². The third-order valence-electron chi connectivity index (χ3n) is 4.20. The largest absolute Gasteiger partial charge is 0.383 e. The summed E-state index contributed by atoms with van der Waals surface area (Å²) >= 11 is 0. The van der Waals surface area contributed by atoms with Gasteiger partial charge in [-0.2, -0.15) is 0 Å². The van der Waals surface area contributed by atoms with Gasteiger partial charge in [-0.05, 0) is 36.6 Å². The molecule has 0 amide bonds. The molecule has 2 N–H and O–H groups in total. The van der Waals surface area contributed by atoms with Gasteiger partial charge in [0, 0.05) is 43.9 Å². The second kappa shape index (κ2) is 6.52. The summed E-state index contributed by atoms with van der Waals surface area (Å²) in [6.45, 7) is 2.32. The fourth-order valence-electron chi connectivity index (χ4n) is 2.96. The van der Waals surface area contributed by atoms with E-state index in [0.29, 0.717) is 12.6 Å². The molecule has 3 rings (SSSR count). The van der Waals surface area contributed by atoms with E-state index in [0.717, 1.165) is 18.7 Å². The van der Waals surface area contributed by atoms with Crippen molar-refractivity contribution in [2.75, 3.05) is 26.8 Å². The summed E-state index contributed by atoms with van der Waals surface area (Å²) < 4.78 is 5.26. The molecule has 0 bridgehead atoms. The van der Waals surface area contributed by atoms with Crippen LogP contribution in [0.25, 0.3) is 10.9 Å². The molecule has 1 aliphatic carbocycles. The molecule has 1 aromatic heterocycles. The van der Waals surface area contributed by atoms with Gasteiger partial charge >= 0.3 is 0 Å². The van der Waals surface area contributed by atoms with Crippen LogP contribution in [0, 0.1) is 0 Å². The lowest BCUT2D eigenvalue weighted by molar-refractivity contribution is 0.115. The molecule has 0 saturated heterocycles. The average Bonchev–Trinajstić information content (AvgIpc) is 3.36. The van der Waals surface area contributed by atoms with E-state index in [1.165, 1.54) is 23.8 Å². The highest BCUT2D eigenvalue weighted by Crippen LogP contribution is 2.34. The van der Waals surface area contributed by atoms with E-state index in [1.807, 2.05) is 12.3 Å². The van der Waals surface area contributed by atoms with E-state index in [9.17, 15) is 0 Å². The quantitative estimate of drug-likeness (QED) is 0.848. The van der Waals surface area contributed by atoms with Crippen molar-refractivity contribution in [3.05, 3.63) is 42.1 Å². The highest BCUT2D eigenvalue weighted by atomic mass is 16.5. The topological polar surface area (TPSA) is 51.4 Å². The molecule has 1 saturated carbocycles. The van der Waals surface area contributed by atoms with E-state index >= 15 is 0 Å². The number of pyridine rings is 1. The van der Waals surface area contributed by atoms with Crippen LogP contribution in [0.3, 0.4) is 0 Å². The second-order valence-electron chi connectivity index (χ2n) is 5.67. The Hall–Kier alpha value is -1.49. The third kappa shape index (κ3) is 3.23. The Kier molecular flexibility index (Phi) is 4.48. The van der Waals surface area contributed by atoms with Crippen molar-refractivity contribution in [1.29, 1.82) is 0 Å². The first-order valence-electron chi connectivity index (χ1n) is 7.63. The first kappa shape index (κ1) is 14.4. The lowest BCUT2D eigenvalue weighted by atomic mass is 10.0. The van der Waals surface area contributed by atoms with Gasteiger partial charge in [0.05, 0.1) is 12.1 Å². The number of ether oxygens (including phenoxy) is 1. The Morgan fingerprint density at radius 2 is 2.24 bits per heavy atom. The molecule has 4 nitrogen and oxygen atoms in total. The van der Waals surface area contributed by atoms with E-state index in [4.69, 9.17) is 10.5 Å². The zero-order chi connectivity index (χ0) is 14.7. The van der Waals surface area contributed by atoms with Crippen LogP contribution in [0.1, 0.15) is 24.4 Å². The number of hydrogen-bond donors (Lipinski definition) is 1. The minimum atomic E-state index is 0.261. The standard InChI is InChI=1S/C17H23N3O/c1-21-10-9-20(15-5-6-15)17(12-18)14-4-7-16-13(11-14)3-2-8-19-16/h2-4,7-8,11,15,17H,5-6,9-10,12,18H2,1H3. The Bertz CT molecular complexity index is 597. The smallest absolute Gasteiger partial charge is 0.0702 e. The van der Waals surface area contributed by atoms with Crippen molar-refractivity contribution in [2.24, 2.45) is 5.73 Å². The van der Waals surface area contributed by atoms with Crippen molar-refractivity contribution in [2.45, 2.75) is 24.9 Å². The molecule has 112 valence electrons. The molecular weight excluding hydrogens is 262 g/mol. The van der Waals surface area contributed by atoms with Gasteiger partial charge < -0.3 is 10.5 Å². The minimum Gasteiger partial charge on any atom is -0.383 e. The van der Waals surface area contributed by atoms with Crippen molar-refractivity contribution < 1.29 is 4.74 Å². The van der Waals surface area contributed by atoms with Gasteiger partial charge in [0.2, 0.25) is 0 Å². The fraction of sp³-hybridized carbons (Fsp3) is 0.471. The fourth-order valence-corrected chi connectivity index (χ4v) is 2.96. The normalized spacial score (nSPS) is 16.5. The lowest BCUT2D eigenvalue weighted by Crippen LogP contribution is -2.37. The molecular formula is C17H23N3O. The Morgan fingerprint density at radius 1 is 1.38 bits per heavy atom. The van der Waals surface area contributed by atoms with Crippen LogP contribution in [-0.4, -0.2) is 42.7 Å². The molecule has 1 unspecified atom stereocenters. The Balaban J connectivity index is 1.88. The van der Waals surface area contributed by atoms with Gasteiger partial charge in [-0.25, -0.2) is 0 Å². The van der Waals surface area contributed by atoms with Crippen molar-refractivity contribution >= 4 is 10.9 Å². The van der Waals surface area contributed by atoms with Crippen LogP contribution < -0.4 is 5.73 Å². The summed E-state index contributed by atoms with van der Waals surface area (Å²) in [5.74, 6) is 0. The van der Waals surface area contributed by atoms with Crippen LogP contribution in [0.2, 0.25) is 0 Å². The second-order valence-corrected chi connectivity index (χ2v) is 5.67. The number of benzene rings is 1. The Labute approximate surface area is 125 Å². The zero-order valence-electron chi connectivity index (χ0n) is 12.5. The molecule has 0 radical (unpaired) electrons. The van der Waals surface area contributed by atoms with Crippen LogP contribution in [0.15, 0.2) is 36.5 Å². The van der Waals surface area contributed by atoms with Gasteiger partial charge in [-0.3, -0.25) is 9.88 Å². The number of fused-ring (bicyclic) bond motifs is 1. The first-order valence-corrected chi connectivity index (χ1v) is 7.63. The summed E-state index contributed by atoms with van der Waals surface area (Å²) in [5, 5.41) is 1.18. The maximum absolute atomic E-state index is 6.09. The van der Waals surface area contributed by atoms with E-state index in [-0.39, 0.29) is 6.04 Å². The molecule has 0 spiro atoms. The van der Waals surface area contributed by atoms with Crippen LogP contribution in [0.4, 0.5) is 0 Å². The van der Waals surface area contributed by atoms with Crippen molar-refractivity contribution in [3.63, 3.8) is 0 Å². The van der Waals surface area contributed by atoms with E-state index in [2.05, 4.69) is 34.1 Å². The van der Waals surface area contributed by atoms with Crippen LogP contribution in [-0.2, 0) is 4.74 Å². The van der Waals surface area contributed by atoms with Gasteiger partial charge in [-0.1, -0.05) is 12.1 Å². The molecule has 2 aromatic rings. The van der Waals surface area contributed by atoms with Crippen molar-refractivity contribution in [3.8, 4) is 0 Å². The lowest BCUT2D eigenvalue weighted by Gasteiger charge is -2.31. The SMILES string of the molecule is COCCN(C1CC1)C(CN)c1ccc2ncccc2c1. The number of hydrogen-bond acceptors (Lipinski definition) is 4. The highest BCUT2D eigenvalue weighted by molar-refractivity contribution is 5.79. The molecule has 21 heavy (non-hydrogen) atoms. The summed E-state index contributed by atoms with van der Waals surface area (Å²) in [6.07, 6.45) is 4.38. The number of rotatable bonds is 7. The predicted molar refractivity (Wildman–Crippen MR) is 85.1 cm³/mol. The molecule has 0 aliphatic heterocycles. The minimum absolute atomic E-state index is 0.261. The molecule has 4 heteroatoms. The number of aromatic nitrogens is 1. The molecule has 1 heterocycles. The maximum Gasteiger partial charge on any atom is 0.0702 e. The molecule has 1 aliphatic rings. The number of nitrogens with two attached hydrogens (primary N) is 1. The molecule has 1 atom stereocenters. The molecule has 1 aromatic carbocycles. The summed E-state index contributed by atoms with van der Waals surface area (Å²) in [4.78, 5) is 6.89. The number of methoxy groups -OCH3 is 1. The van der Waals surface area contributed by atoms with Crippen LogP contribution in [0.5, 0.6) is 0 Å². The monoisotopic (exact) mass is 285 g/mol. The third-order valence-corrected chi connectivity index (χ3v) is 4.20. The summed E-state index contributed by atoms with van der Waals surface area (Å²) in [7, 11) is 1.75. The number of nitrogens with zero attached hydrogens (tertiary/aromatic N) is 2. The molecule has 1 fully saturated rings. The van der Waals surface area contributed by atoms with Gasteiger partial charge in [0.1, 0.15) is 0 Å². The van der Waals surface area contributed by atoms with Gasteiger partial charge in [0.25, 0.3) is 0 Å².